The number of anilines is 1. The Morgan fingerprint density at radius 1 is 1.03 bits per heavy atom. The predicted molar refractivity (Wildman–Crippen MR) is 116 cm³/mol. The number of ether oxygens (including phenoxy) is 2. The Bertz CT molecular complexity index is 1140. The summed E-state index contributed by atoms with van der Waals surface area (Å²) in [6, 6.07) is 18.3. The van der Waals surface area contributed by atoms with Crippen LogP contribution in [0.1, 0.15) is 15.9 Å². The fourth-order valence-corrected chi connectivity index (χ4v) is 3.20. The van der Waals surface area contributed by atoms with Crippen LogP contribution in [0, 0.1) is 0 Å². The first-order valence-corrected chi connectivity index (χ1v) is 9.71. The van der Waals surface area contributed by atoms with E-state index in [4.69, 9.17) is 9.47 Å². The third-order valence-electron chi connectivity index (χ3n) is 4.83. The zero-order valence-electron chi connectivity index (χ0n) is 16.7. The van der Waals surface area contributed by atoms with Gasteiger partial charge in [-0.1, -0.05) is 42.5 Å². The van der Waals surface area contributed by atoms with Gasteiger partial charge in [-0.2, -0.15) is 0 Å². The summed E-state index contributed by atoms with van der Waals surface area (Å²) in [5.41, 5.74) is 1.81. The molecule has 3 aromatic rings. The number of pyridine rings is 1. The van der Waals surface area contributed by atoms with Gasteiger partial charge >= 0.3 is 0 Å². The van der Waals surface area contributed by atoms with E-state index in [0.29, 0.717) is 42.5 Å². The molecular weight excluding hydrogens is 380 g/mol. The van der Waals surface area contributed by atoms with Crippen LogP contribution in [-0.4, -0.2) is 30.2 Å². The van der Waals surface area contributed by atoms with Gasteiger partial charge in [0, 0.05) is 43.2 Å². The number of rotatable bonds is 5. The van der Waals surface area contributed by atoms with E-state index in [2.05, 4.69) is 0 Å². The minimum absolute atomic E-state index is 0.234. The highest BCUT2D eigenvalue weighted by Gasteiger charge is 2.20. The average Bonchev–Trinajstić information content (AvgIpc) is 2.78. The fourth-order valence-electron chi connectivity index (χ4n) is 3.20. The molecule has 0 N–H and O–H groups in total. The summed E-state index contributed by atoms with van der Waals surface area (Å²) in [5.74, 6) is 1.00. The van der Waals surface area contributed by atoms with Gasteiger partial charge in [-0.05, 0) is 23.8 Å². The maximum atomic E-state index is 13.3. The van der Waals surface area contributed by atoms with Crippen LogP contribution in [0.15, 0.2) is 77.7 Å². The van der Waals surface area contributed by atoms with Gasteiger partial charge in [-0.3, -0.25) is 9.59 Å². The number of amides is 1. The minimum Gasteiger partial charge on any atom is -0.486 e. The van der Waals surface area contributed by atoms with Crippen molar-refractivity contribution in [3.05, 3.63) is 94.4 Å². The molecule has 152 valence electrons. The molecule has 0 fully saturated rings. The highest BCUT2D eigenvalue weighted by molar-refractivity contribution is 6.06. The first-order valence-electron chi connectivity index (χ1n) is 9.71. The van der Waals surface area contributed by atoms with Crippen molar-refractivity contribution in [3.63, 3.8) is 0 Å². The van der Waals surface area contributed by atoms with E-state index < -0.39 is 0 Å². The van der Waals surface area contributed by atoms with Crippen LogP contribution >= 0.6 is 0 Å². The first kappa shape index (κ1) is 19.5. The predicted octanol–water partition coefficient (Wildman–Crippen LogP) is 3.52. The van der Waals surface area contributed by atoms with Crippen molar-refractivity contribution < 1.29 is 14.3 Å². The smallest absolute Gasteiger partial charge is 0.258 e. The SMILES string of the molecule is Cn1ccc(C(=O)N(C/C=C/c2ccccc2)c2ccc3c(c2)OCCO3)cc1=O. The molecule has 6 nitrogen and oxygen atoms in total. The molecule has 2 heterocycles. The second-order valence-corrected chi connectivity index (χ2v) is 6.92. The molecule has 0 spiro atoms. The van der Waals surface area contributed by atoms with Crippen molar-refractivity contribution in [3.8, 4) is 11.5 Å². The monoisotopic (exact) mass is 402 g/mol. The molecule has 6 heteroatoms. The molecule has 0 saturated carbocycles. The quantitative estimate of drug-likeness (QED) is 0.655. The van der Waals surface area contributed by atoms with Gasteiger partial charge in [0.1, 0.15) is 13.2 Å². The van der Waals surface area contributed by atoms with Gasteiger partial charge in [0.15, 0.2) is 11.5 Å². The van der Waals surface area contributed by atoms with Crippen molar-refractivity contribution in [1.82, 2.24) is 4.57 Å². The molecular formula is C24H22N2O4. The van der Waals surface area contributed by atoms with E-state index in [1.54, 1.807) is 36.3 Å². The number of carbonyl (C=O) groups is 1. The van der Waals surface area contributed by atoms with Crippen LogP contribution in [0.4, 0.5) is 5.69 Å². The number of aryl methyl sites for hydroxylation is 1. The molecule has 1 aromatic heterocycles. The van der Waals surface area contributed by atoms with Crippen LogP contribution in [0.25, 0.3) is 6.08 Å². The lowest BCUT2D eigenvalue weighted by Crippen LogP contribution is -2.32. The Morgan fingerprint density at radius 2 is 1.80 bits per heavy atom. The zero-order valence-corrected chi connectivity index (χ0v) is 16.7. The van der Waals surface area contributed by atoms with Crippen LogP contribution in [0.2, 0.25) is 0 Å². The number of aromatic nitrogens is 1. The van der Waals surface area contributed by atoms with Gasteiger partial charge in [0.25, 0.3) is 11.5 Å². The largest absolute Gasteiger partial charge is 0.486 e. The number of nitrogens with zero attached hydrogens (tertiary/aromatic N) is 2. The lowest BCUT2D eigenvalue weighted by Gasteiger charge is -2.24. The fraction of sp³-hybridized carbons (Fsp3) is 0.167. The first-order chi connectivity index (χ1) is 14.6. The number of hydrogen-bond donors (Lipinski definition) is 0. The topological polar surface area (TPSA) is 60.8 Å². The van der Waals surface area contributed by atoms with E-state index in [9.17, 15) is 9.59 Å². The molecule has 30 heavy (non-hydrogen) atoms. The minimum atomic E-state index is -0.262. The van der Waals surface area contributed by atoms with Crippen molar-refractivity contribution in [2.75, 3.05) is 24.7 Å². The van der Waals surface area contributed by atoms with E-state index in [-0.39, 0.29) is 11.5 Å². The van der Waals surface area contributed by atoms with E-state index >= 15 is 0 Å². The molecule has 0 atom stereocenters. The van der Waals surface area contributed by atoms with Crippen molar-refractivity contribution in [2.45, 2.75) is 0 Å². The van der Waals surface area contributed by atoms with Gasteiger partial charge in [0.05, 0.1) is 0 Å². The second kappa shape index (κ2) is 8.69. The third kappa shape index (κ3) is 4.27. The maximum Gasteiger partial charge on any atom is 0.258 e. The lowest BCUT2D eigenvalue weighted by molar-refractivity contribution is 0.0989. The Kier molecular flexibility index (Phi) is 5.66. The highest BCUT2D eigenvalue weighted by Crippen LogP contribution is 2.34. The summed E-state index contributed by atoms with van der Waals surface area (Å²) >= 11 is 0. The van der Waals surface area contributed by atoms with Crippen LogP contribution < -0.4 is 19.9 Å². The summed E-state index contributed by atoms with van der Waals surface area (Å²) < 4.78 is 12.7. The molecule has 0 saturated heterocycles. The zero-order chi connectivity index (χ0) is 20.9. The van der Waals surface area contributed by atoms with Crippen molar-refractivity contribution in [1.29, 1.82) is 0 Å². The second-order valence-electron chi connectivity index (χ2n) is 6.92. The molecule has 2 aromatic carbocycles. The summed E-state index contributed by atoms with van der Waals surface area (Å²) in [7, 11) is 1.65. The number of hydrogen-bond acceptors (Lipinski definition) is 4. The molecule has 0 radical (unpaired) electrons. The summed E-state index contributed by atoms with van der Waals surface area (Å²) in [4.78, 5) is 26.9. The molecule has 4 rings (SSSR count). The molecule has 0 aliphatic carbocycles. The third-order valence-corrected chi connectivity index (χ3v) is 4.83. The number of carbonyl (C=O) groups excluding carboxylic acids is 1. The van der Waals surface area contributed by atoms with Crippen molar-refractivity contribution >= 4 is 17.7 Å². The average molecular weight is 402 g/mol. The molecule has 0 unspecified atom stereocenters. The van der Waals surface area contributed by atoms with Crippen LogP contribution in [0.3, 0.4) is 0 Å². The lowest BCUT2D eigenvalue weighted by atomic mass is 10.1. The standard InChI is InChI=1S/C24H22N2O4/c1-25-13-11-19(16-23(25)27)24(28)26(12-5-8-18-6-3-2-4-7-18)20-9-10-21-22(17-20)30-15-14-29-21/h2-11,13,16-17H,12,14-15H2,1H3/b8-5+. The van der Waals surface area contributed by atoms with Crippen LogP contribution in [0.5, 0.6) is 11.5 Å². The Labute approximate surface area is 174 Å². The van der Waals surface area contributed by atoms with Crippen molar-refractivity contribution in [2.24, 2.45) is 7.05 Å². The Balaban J connectivity index is 1.66. The summed E-state index contributed by atoms with van der Waals surface area (Å²) in [6.45, 7) is 1.30. The van der Waals surface area contributed by atoms with Gasteiger partial charge in [0.2, 0.25) is 0 Å². The molecule has 1 aliphatic rings. The number of fused-ring (bicyclic) bond motifs is 1. The van der Waals surface area contributed by atoms with Crippen LogP contribution in [-0.2, 0) is 7.05 Å². The van der Waals surface area contributed by atoms with E-state index in [1.165, 1.54) is 10.6 Å². The number of benzene rings is 2. The molecule has 1 aliphatic heterocycles. The molecule has 1 amide bonds. The Hall–Kier alpha value is -3.80. The highest BCUT2D eigenvalue weighted by atomic mass is 16.6. The summed E-state index contributed by atoms with van der Waals surface area (Å²) in [5, 5.41) is 0. The Morgan fingerprint density at radius 3 is 2.57 bits per heavy atom. The maximum absolute atomic E-state index is 13.3. The van der Waals surface area contributed by atoms with Gasteiger partial charge in [-0.15, -0.1) is 0 Å². The van der Waals surface area contributed by atoms with E-state index in [1.807, 2.05) is 48.6 Å². The normalized spacial score (nSPS) is 12.7. The van der Waals surface area contributed by atoms with Gasteiger partial charge in [-0.25, -0.2) is 0 Å². The van der Waals surface area contributed by atoms with E-state index in [0.717, 1.165) is 5.56 Å². The van der Waals surface area contributed by atoms with Gasteiger partial charge < -0.3 is 18.9 Å². The molecule has 0 bridgehead atoms. The summed E-state index contributed by atoms with van der Waals surface area (Å²) in [6.07, 6.45) is 5.48.